The minimum absolute atomic E-state index is 0.0484. The molecule has 3 nitrogen and oxygen atoms in total. The first kappa shape index (κ1) is 21.1. The topological polar surface area (TPSA) is 35.5 Å². The van der Waals surface area contributed by atoms with E-state index in [0.29, 0.717) is 0 Å². The van der Waals surface area contributed by atoms with Crippen molar-refractivity contribution in [3.8, 4) is 0 Å². The smallest absolute Gasteiger partial charge is 0.331 e. The van der Waals surface area contributed by atoms with Gasteiger partial charge in [-0.3, -0.25) is 0 Å². The van der Waals surface area contributed by atoms with Crippen LogP contribution in [-0.4, -0.2) is 27.5 Å². The van der Waals surface area contributed by atoms with Gasteiger partial charge in [-0.25, -0.2) is 4.79 Å². The minimum Gasteiger partial charge on any atom is -0.460 e. The van der Waals surface area contributed by atoms with E-state index >= 15 is 0 Å². The van der Waals surface area contributed by atoms with Crippen LogP contribution in [0.1, 0.15) is 34.1 Å². The standard InChI is InChI=1S/C23H30O3Si/c1-5-6-13-18-25-22(24)19-26-27(23(2,3)4,20-14-9-7-10-15-20)21-16-11-8-12-17-21/h6-17H,5,18-19H2,1-4H3/b13-6-. The summed E-state index contributed by atoms with van der Waals surface area (Å²) in [6, 6.07) is 20.6. The molecule has 0 saturated carbocycles. The van der Waals surface area contributed by atoms with Crippen LogP contribution in [-0.2, 0) is 14.0 Å². The third-order valence-electron chi connectivity index (χ3n) is 4.57. The average molecular weight is 383 g/mol. The van der Waals surface area contributed by atoms with Crippen molar-refractivity contribution in [2.45, 2.75) is 39.2 Å². The van der Waals surface area contributed by atoms with Gasteiger partial charge in [0.05, 0.1) is 0 Å². The van der Waals surface area contributed by atoms with Gasteiger partial charge in [0.2, 0.25) is 0 Å². The Morgan fingerprint density at radius 1 is 0.926 bits per heavy atom. The molecule has 0 spiro atoms. The Morgan fingerprint density at radius 3 is 1.89 bits per heavy atom. The number of carbonyl (C=O) groups is 1. The lowest BCUT2D eigenvalue weighted by molar-refractivity contribution is -0.145. The molecule has 0 saturated heterocycles. The highest BCUT2D eigenvalue weighted by Gasteiger charge is 2.50. The molecular formula is C23H30O3Si. The predicted octanol–water partition coefficient (Wildman–Crippen LogP) is 4.07. The predicted molar refractivity (Wildman–Crippen MR) is 114 cm³/mol. The van der Waals surface area contributed by atoms with Crippen LogP contribution in [0.2, 0.25) is 5.04 Å². The van der Waals surface area contributed by atoms with Gasteiger partial charge in [0.25, 0.3) is 8.32 Å². The molecule has 0 aliphatic heterocycles. The molecule has 0 fully saturated rings. The molecule has 0 unspecified atom stereocenters. The van der Waals surface area contributed by atoms with Crippen molar-refractivity contribution in [2.24, 2.45) is 0 Å². The van der Waals surface area contributed by atoms with Gasteiger partial charge in [-0.2, -0.15) is 0 Å². The van der Waals surface area contributed by atoms with E-state index in [0.717, 1.165) is 16.8 Å². The van der Waals surface area contributed by atoms with Crippen molar-refractivity contribution in [1.82, 2.24) is 0 Å². The highest BCUT2D eigenvalue weighted by molar-refractivity contribution is 6.99. The third-order valence-corrected chi connectivity index (χ3v) is 9.55. The number of allylic oxidation sites excluding steroid dienone is 1. The molecule has 0 aliphatic rings. The maximum absolute atomic E-state index is 12.3. The molecule has 2 aromatic rings. The van der Waals surface area contributed by atoms with Crippen molar-refractivity contribution in [2.75, 3.05) is 13.2 Å². The highest BCUT2D eigenvalue weighted by atomic mass is 28.4. The van der Waals surface area contributed by atoms with E-state index in [-0.39, 0.29) is 24.2 Å². The Morgan fingerprint density at radius 2 is 1.44 bits per heavy atom. The van der Waals surface area contributed by atoms with Gasteiger partial charge in [0.15, 0.2) is 0 Å². The number of carbonyl (C=O) groups excluding carboxylic acids is 1. The van der Waals surface area contributed by atoms with Crippen molar-refractivity contribution >= 4 is 24.7 Å². The number of benzene rings is 2. The van der Waals surface area contributed by atoms with Crippen LogP contribution in [0.4, 0.5) is 0 Å². The number of hydrogen-bond acceptors (Lipinski definition) is 3. The molecule has 27 heavy (non-hydrogen) atoms. The van der Waals surface area contributed by atoms with Crippen molar-refractivity contribution in [3.63, 3.8) is 0 Å². The molecule has 0 radical (unpaired) electrons. The van der Waals surface area contributed by atoms with Gasteiger partial charge in [0, 0.05) is 0 Å². The molecular weight excluding hydrogens is 352 g/mol. The Balaban J connectivity index is 2.35. The molecule has 0 N–H and O–H groups in total. The first-order valence-electron chi connectivity index (χ1n) is 9.47. The van der Waals surface area contributed by atoms with Crippen LogP contribution in [0.5, 0.6) is 0 Å². The molecule has 0 heterocycles. The van der Waals surface area contributed by atoms with Gasteiger partial charge >= 0.3 is 5.97 Å². The molecule has 0 atom stereocenters. The number of esters is 1. The summed E-state index contributed by atoms with van der Waals surface area (Å²) in [4.78, 5) is 12.3. The fourth-order valence-electron chi connectivity index (χ4n) is 3.35. The van der Waals surface area contributed by atoms with Crippen molar-refractivity contribution in [3.05, 3.63) is 72.8 Å². The summed E-state index contributed by atoms with van der Waals surface area (Å²) < 4.78 is 11.8. The zero-order valence-electron chi connectivity index (χ0n) is 16.8. The van der Waals surface area contributed by atoms with Gasteiger partial charge in [-0.1, -0.05) is 101 Å². The van der Waals surface area contributed by atoms with Crippen LogP contribution >= 0.6 is 0 Å². The summed E-state index contributed by atoms with van der Waals surface area (Å²) >= 11 is 0. The van der Waals surface area contributed by atoms with Gasteiger partial charge < -0.3 is 9.16 Å². The van der Waals surface area contributed by atoms with E-state index in [9.17, 15) is 4.79 Å². The molecule has 0 aliphatic carbocycles. The van der Waals surface area contributed by atoms with Crippen LogP contribution in [0.3, 0.4) is 0 Å². The number of ether oxygens (including phenoxy) is 1. The molecule has 0 aromatic heterocycles. The van der Waals surface area contributed by atoms with Crippen LogP contribution in [0.25, 0.3) is 0 Å². The lowest BCUT2D eigenvalue weighted by atomic mass is 10.2. The number of rotatable bonds is 8. The maximum atomic E-state index is 12.3. The van der Waals surface area contributed by atoms with Crippen LogP contribution < -0.4 is 10.4 Å². The van der Waals surface area contributed by atoms with Gasteiger partial charge in [0.1, 0.15) is 13.2 Å². The van der Waals surface area contributed by atoms with Crippen molar-refractivity contribution in [1.29, 1.82) is 0 Å². The SMILES string of the molecule is CC/C=C\COC(=O)CO[Si](c1ccccc1)(c1ccccc1)C(C)(C)C. The van der Waals surface area contributed by atoms with Gasteiger partial charge in [-0.05, 0) is 21.8 Å². The fraction of sp³-hybridized carbons (Fsp3) is 0.348. The highest BCUT2D eigenvalue weighted by Crippen LogP contribution is 2.36. The lowest BCUT2D eigenvalue weighted by Crippen LogP contribution is -2.67. The second-order valence-corrected chi connectivity index (χ2v) is 11.8. The Labute approximate surface area is 164 Å². The molecule has 144 valence electrons. The second kappa shape index (κ2) is 9.67. The van der Waals surface area contributed by atoms with Gasteiger partial charge in [-0.15, -0.1) is 0 Å². The third kappa shape index (κ3) is 5.18. The molecule has 0 bridgehead atoms. The summed E-state index contributed by atoms with van der Waals surface area (Å²) in [5.74, 6) is -0.330. The largest absolute Gasteiger partial charge is 0.460 e. The monoisotopic (exact) mass is 382 g/mol. The van der Waals surface area contributed by atoms with Crippen LogP contribution in [0.15, 0.2) is 72.8 Å². The summed E-state index contributed by atoms with van der Waals surface area (Å²) in [5, 5.41) is 2.16. The lowest BCUT2D eigenvalue weighted by Gasteiger charge is -2.42. The Bertz CT molecular complexity index is 694. The Kier molecular flexibility index (Phi) is 7.57. The average Bonchev–Trinajstić information content (AvgIpc) is 2.66. The van der Waals surface area contributed by atoms with Crippen molar-refractivity contribution < 1.29 is 14.0 Å². The Hall–Kier alpha value is -2.17. The van der Waals surface area contributed by atoms with E-state index in [4.69, 9.17) is 9.16 Å². The maximum Gasteiger partial charge on any atom is 0.331 e. The number of hydrogen-bond donors (Lipinski definition) is 0. The molecule has 4 heteroatoms. The zero-order chi connectivity index (χ0) is 19.8. The summed E-state index contributed by atoms with van der Waals surface area (Å²) in [6.45, 7) is 8.85. The fourth-order valence-corrected chi connectivity index (χ4v) is 7.84. The van der Waals surface area contributed by atoms with E-state index in [1.807, 2.05) is 55.5 Å². The van der Waals surface area contributed by atoms with E-state index in [1.165, 1.54) is 0 Å². The zero-order valence-corrected chi connectivity index (χ0v) is 17.8. The first-order valence-corrected chi connectivity index (χ1v) is 11.4. The van der Waals surface area contributed by atoms with Crippen LogP contribution in [0, 0.1) is 0 Å². The quantitative estimate of drug-likeness (QED) is 0.392. The van der Waals surface area contributed by atoms with E-state index in [1.54, 1.807) is 0 Å². The second-order valence-electron chi connectivity index (χ2n) is 7.51. The summed E-state index contributed by atoms with van der Waals surface area (Å²) in [6.07, 6.45) is 4.77. The first-order chi connectivity index (χ1) is 12.9. The minimum atomic E-state index is -2.69. The molecule has 2 aromatic carbocycles. The van der Waals surface area contributed by atoms with E-state index < -0.39 is 8.32 Å². The normalized spacial score (nSPS) is 12.3. The summed E-state index contributed by atoms with van der Waals surface area (Å²) in [5.41, 5.74) is 0. The molecule has 0 amide bonds. The summed E-state index contributed by atoms with van der Waals surface area (Å²) in [7, 11) is -2.69. The van der Waals surface area contributed by atoms with E-state index in [2.05, 4.69) is 45.0 Å². The molecule has 2 rings (SSSR count).